The second-order valence-corrected chi connectivity index (χ2v) is 5.60. The average molecular weight is 324 g/mol. The Bertz CT molecular complexity index is 758. The zero-order valence-electron chi connectivity index (χ0n) is 11.4. The number of nitrogens with one attached hydrogen (secondary N) is 1. The first-order valence-electron chi connectivity index (χ1n) is 6.21. The summed E-state index contributed by atoms with van der Waals surface area (Å²) in [6, 6.07) is 4.95. The molecule has 0 spiro atoms. The lowest BCUT2D eigenvalue weighted by molar-refractivity contribution is -0.118. The maximum Gasteiger partial charge on any atom is 0.262 e. The minimum Gasteiger partial charge on any atom is -0.358 e. The molecule has 7 heteroatoms. The van der Waals surface area contributed by atoms with E-state index in [0.717, 1.165) is 0 Å². The van der Waals surface area contributed by atoms with Crippen LogP contribution in [0.4, 0.5) is 0 Å². The predicted octanol–water partition coefficient (Wildman–Crippen LogP) is 2.07. The van der Waals surface area contributed by atoms with Gasteiger partial charge in [0.1, 0.15) is 0 Å². The van der Waals surface area contributed by atoms with Crippen LogP contribution in [0.5, 0.6) is 0 Å². The van der Waals surface area contributed by atoms with Crippen molar-refractivity contribution < 1.29 is 4.79 Å². The molecule has 0 aliphatic carbocycles. The summed E-state index contributed by atoms with van der Waals surface area (Å²) in [5.41, 5.74) is 0.350. The second-order valence-electron chi connectivity index (χ2n) is 4.22. The van der Waals surface area contributed by atoms with Gasteiger partial charge in [-0.1, -0.05) is 29.4 Å². The molecule has 1 aromatic carbocycles. The predicted molar refractivity (Wildman–Crippen MR) is 86.0 cm³/mol. The zero-order chi connectivity index (χ0) is 15.4. The number of nitrogens with zero attached hydrogens (tertiary/aromatic N) is 2. The van der Waals surface area contributed by atoms with Crippen molar-refractivity contribution in [2.75, 3.05) is 12.8 Å². The van der Waals surface area contributed by atoms with Crippen molar-refractivity contribution in [2.45, 2.75) is 11.7 Å². The molecule has 0 aliphatic heterocycles. The summed E-state index contributed by atoms with van der Waals surface area (Å²) in [5.74, 6) is 0.0530. The molecule has 2 aromatic rings. The van der Waals surface area contributed by atoms with E-state index in [4.69, 9.17) is 11.6 Å². The number of rotatable bonds is 5. The van der Waals surface area contributed by atoms with Gasteiger partial charge >= 0.3 is 0 Å². The lowest BCUT2D eigenvalue weighted by Gasteiger charge is -2.11. The molecule has 1 amide bonds. The Hall–Kier alpha value is -1.79. The van der Waals surface area contributed by atoms with E-state index in [1.807, 2.05) is 0 Å². The van der Waals surface area contributed by atoms with Crippen LogP contribution < -0.4 is 10.9 Å². The SMILES string of the molecule is C=CCn1c(SCC(=O)NC)nc2cc(Cl)ccc2c1=O. The molecule has 1 aromatic heterocycles. The average Bonchev–Trinajstić information content (AvgIpc) is 2.47. The summed E-state index contributed by atoms with van der Waals surface area (Å²) in [7, 11) is 1.56. The number of hydrogen-bond donors (Lipinski definition) is 1. The van der Waals surface area contributed by atoms with Crippen LogP contribution in [0.1, 0.15) is 0 Å². The van der Waals surface area contributed by atoms with Gasteiger partial charge in [0.25, 0.3) is 5.56 Å². The molecule has 0 bridgehead atoms. The zero-order valence-corrected chi connectivity index (χ0v) is 13.0. The van der Waals surface area contributed by atoms with E-state index in [1.54, 1.807) is 31.3 Å². The maximum absolute atomic E-state index is 12.5. The smallest absolute Gasteiger partial charge is 0.262 e. The first-order valence-corrected chi connectivity index (χ1v) is 7.57. The van der Waals surface area contributed by atoms with Crippen molar-refractivity contribution in [1.29, 1.82) is 0 Å². The van der Waals surface area contributed by atoms with Gasteiger partial charge in [-0.05, 0) is 18.2 Å². The van der Waals surface area contributed by atoms with E-state index in [1.165, 1.54) is 16.3 Å². The minimum atomic E-state index is -0.170. The number of allylic oxidation sites excluding steroid dienone is 1. The normalized spacial score (nSPS) is 10.6. The summed E-state index contributed by atoms with van der Waals surface area (Å²) in [5, 5.41) is 4.01. The Morgan fingerprint density at radius 3 is 3.00 bits per heavy atom. The van der Waals surface area contributed by atoms with Crippen molar-refractivity contribution in [3.8, 4) is 0 Å². The topological polar surface area (TPSA) is 64.0 Å². The van der Waals surface area contributed by atoms with Gasteiger partial charge in [-0.3, -0.25) is 14.2 Å². The van der Waals surface area contributed by atoms with Crippen LogP contribution >= 0.6 is 23.4 Å². The van der Waals surface area contributed by atoms with Crippen molar-refractivity contribution >= 4 is 40.2 Å². The summed E-state index contributed by atoms with van der Waals surface area (Å²) in [6.45, 7) is 3.98. The van der Waals surface area contributed by atoms with Crippen molar-refractivity contribution in [3.05, 3.63) is 46.2 Å². The van der Waals surface area contributed by atoms with E-state index in [2.05, 4.69) is 16.9 Å². The molecule has 1 heterocycles. The molecule has 0 fully saturated rings. The van der Waals surface area contributed by atoms with Gasteiger partial charge in [0, 0.05) is 18.6 Å². The third-order valence-corrected chi connectivity index (χ3v) is 4.02. The Labute approximate surface area is 131 Å². The molecule has 0 saturated carbocycles. The van der Waals surface area contributed by atoms with Gasteiger partial charge in [-0.15, -0.1) is 6.58 Å². The van der Waals surface area contributed by atoms with E-state index in [-0.39, 0.29) is 17.2 Å². The molecule has 5 nitrogen and oxygen atoms in total. The van der Waals surface area contributed by atoms with Crippen LogP contribution in [0.2, 0.25) is 5.02 Å². The molecule has 0 atom stereocenters. The number of halogens is 1. The van der Waals surface area contributed by atoms with Gasteiger partial charge in [0.05, 0.1) is 16.7 Å². The summed E-state index contributed by atoms with van der Waals surface area (Å²) in [4.78, 5) is 28.3. The van der Waals surface area contributed by atoms with Gasteiger partial charge < -0.3 is 5.32 Å². The molecule has 1 N–H and O–H groups in total. The highest BCUT2D eigenvalue weighted by Gasteiger charge is 2.12. The minimum absolute atomic E-state index is 0.134. The fraction of sp³-hybridized carbons (Fsp3) is 0.214. The Balaban J connectivity index is 2.55. The molecule has 110 valence electrons. The highest BCUT2D eigenvalue weighted by atomic mass is 35.5. The Kier molecular flexibility index (Phi) is 5.03. The summed E-state index contributed by atoms with van der Waals surface area (Å²) in [6.07, 6.45) is 1.62. The van der Waals surface area contributed by atoms with Crippen LogP contribution in [0, 0.1) is 0 Å². The second kappa shape index (κ2) is 6.78. The van der Waals surface area contributed by atoms with Gasteiger partial charge in [-0.25, -0.2) is 4.98 Å². The summed E-state index contributed by atoms with van der Waals surface area (Å²) < 4.78 is 1.50. The molecule has 21 heavy (non-hydrogen) atoms. The number of carbonyl (C=O) groups excluding carboxylic acids is 1. The van der Waals surface area contributed by atoms with Crippen molar-refractivity contribution in [1.82, 2.24) is 14.9 Å². The lowest BCUT2D eigenvalue weighted by Crippen LogP contribution is -2.24. The fourth-order valence-corrected chi connectivity index (χ4v) is 2.82. The Morgan fingerprint density at radius 1 is 1.57 bits per heavy atom. The largest absolute Gasteiger partial charge is 0.358 e. The Morgan fingerprint density at radius 2 is 2.33 bits per heavy atom. The first-order chi connectivity index (χ1) is 10.1. The van der Waals surface area contributed by atoms with Crippen LogP contribution in [0.3, 0.4) is 0 Å². The highest BCUT2D eigenvalue weighted by molar-refractivity contribution is 7.99. The molecule has 0 saturated heterocycles. The van der Waals surface area contributed by atoms with E-state index in [9.17, 15) is 9.59 Å². The molecular weight excluding hydrogens is 310 g/mol. The van der Waals surface area contributed by atoms with Crippen LogP contribution in [0.15, 0.2) is 40.8 Å². The van der Waals surface area contributed by atoms with Gasteiger partial charge in [0.2, 0.25) is 5.91 Å². The van der Waals surface area contributed by atoms with Crippen molar-refractivity contribution in [3.63, 3.8) is 0 Å². The number of amides is 1. The van der Waals surface area contributed by atoms with E-state index < -0.39 is 0 Å². The third-order valence-electron chi connectivity index (χ3n) is 2.81. The van der Waals surface area contributed by atoms with Crippen LogP contribution in [0.25, 0.3) is 10.9 Å². The number of aromatic nitrogens is 2. The summed E-state index contributed by atoms with van der Waals surface area (Å²) >= 11 is 7.14. The van der Waals surface area contributed by atoms with Crippen LogP contribution in [-0.4, -0.2) is 28.3 Å². The number of fused-ring (bicyclic) bond motifs is 1. The third kappa shape index (κ3) is 3.46. The lowest BCUT2D eigenvalue weighted by atomic mass is 10.2. The van der Waals surface area contributed by atoms with Crippen molar-refractivity contribution in [2.24, 2.45) is 0 Å². The van der Waals surface area contributed by atoms with Gasteiger partial charge in [0.15, 0.2) is 5.16 Å². The first kappa shape index (κ1) is 15.6. The molecule has 0 aliphatic rings. The molecule has 0 unspecified atom stereocenters. The quantitative estimate of drug-likeness (QED) is 0.520. The maximum atomic E-state index is 12.5. The van der Waals surface area contributed by atoms with Gasteiger partial charge in [-0.2, -0.15) is 0 Å². The van der Waals surface area contributed by atoms with E-state index in [0.29, 0.717) is 27.6 Å². The molecule has 2 rings (SSSR count). The standard InChI is InChI=1S/C14H14ClN3O2S/c1-3-6-18-13(20)10-5-4-9(15)7-11(10)17-14(18)21-8-12(19)16-2/h3-5,7H,1,6,8H2,2H3,(H,16,19). The number of carbonyl (C=O) groups is 1. The van der Waals surface area contributed by atoms with E-state index >= 15 is 0 Å². The molecular formula is C14H14ClN3O2S. The highest BCUT2D eigenvalue weighted by Crippen LogP contribution is 2.20. The number of thioether (sulfide) groups is 1. The molecule has 0 radical (unpaired) electrons. The number of benzene rings is 1. The fourth-order valence-electron chi connectivity index (χ4n) is 1.78. The monoisotopic (exact) mass is 323 g/mol. The van der Waals surface area contributed by atoms with Crippen LogP contribution in [-0.2, 0) is 11.3 Å². The number of hydrogen-bond acceptors (Lipinski definition) is 4.